The van der Waals surface area contributed by atoms with Crippen molar-refractivity contribution in [2.45, 2.75) is 25.8 Å². The van der Waals surface area contributed by atoms with Crippen LogP contribution in [0.1, 0.15) is 19.8 Å². The number of rotatable bonds is 3. The molecular formula is C12H18FN3. The number of hydrogen-bond acceptors (Lipinski definition) is 3. The summed E-state index contributed by atoms with van der Waals surface area (Å²) < 4.78 is 13.4. The second-order valence-electron chi connectivity index (χ2n) is 4.19. The number of hydrogen-bond donors (Lipinski definition) is 1. The quantitative estimate of drug-likeness (QED) is 0.850. The van der Waals surface area contributed by atoms with Crippen molar-refractivity contribution >= 4 is 5.82 Å². The first kappa shape index (κ1) is 11.3. The molecule has 0 radical (unpaired) electrons. The van der Waals surface area contributed by atoms with Crippen LogP contribution in [-0.4, -0.2) is 35.6 Å². The van der Waals surface area contributed by atoms with Gasteiger partial charge in [0.25, 0.3) is 0 Å². The summed E-state index contributed by atoms with van der Waals surface area (Å²) in [6, 6.07) is 3.41. The number of piperidine rings is 1. The van der Waals surface area contributed by atoms with Crippen LogP contribution in [0.2, 0.25) is 0 Å². The summed E-state index contributed by atoms with van der Waals surface area (Å²) in [6.45, 7) is 5.45. The predicted octanol–water partition coefficient (Wildman–Crippen LogP) is 2.12. The molecule has 1 saturated heterocycles. The van der Waals surface area contributed by atoms with Gasteiger partial charge in [-0.25, -0.2) is 9.37 Å². The third-order valence-electron chi connectivity index (χ3n) is 3.13. The van der Waals surface area contributed by atoms with Crippen LogP contribution < -0.4 is 5.32 Å². The lowest BCUT2D eigenvalue weighted by molar-refractivity contribution is 0.229. The fraction of sp³-hybridized carbons (Fsp3) is 0.583. The molecule has 1 N–H and O–H groups in total. The Morgan fingerprint density at radius 2 is 2.25 bits per heavy atom. The minimum absolute atomic E-state index is 0.263. The summed E-state index contributed by atoms with van der Waals surface area (Å²) in [5, 5.41) is 3.18. The molecule has 4 heteroatoms. The molecule has 0 bridgehead atoms. The zero-order valence-corrected chi connectivity index (χ0v) is 9.62. The molecule has 0 spiro atoms. The highest BCUT2D eigenvalue weighted by Gasteiger charge is 2.18. The lowest BCUT2D eigenvalue weighted by Crippen LogP contribution is -2.39. The van der Waals surface area contributed by atoms with E-state index in [0.717, 1.165) is 32.5 Å². The topological polar surface area (TPSA) is 28.2 Å². The number of likely N-dealkylation sites (tertiary alicyclic amines) is 1. The zero-order chi connectivity index (χ0) is 11.4. The number of nitrogens with zero attached hydrogens (tertiary/aromatic N) is 2. The molecule has 0 unspecified atom stereocenters. The van der Waals surface area contributed by atoms with Crippen molar-refractivity contribution in [1.29, 1.82) is 0 Å². The molecule has 0 atom stereocenters. The molecule has 0 aliphatic carbocycles. The monoisotopic (exact) mass is 223 g/mol. The maximum absolute atomic E-state index is 13.4. The molecule has 88 valence electrons. The van der Waals surface area contributed by atoms with Gasteiger partial charge < -0.3 is 10.2 Å². The van der Waals surface area contributed by atoms with Crippen LogP contribution in [0, 0.1) is 5.82 Å². The van der Waals surface area contributed by atoms with Crippen molar-refractivity contribution in [3.8, 4) is 0 Å². The molecule has 1 aliphatic rings. The normalized spacial score (nSPS) is 18.6. The molecule has 2 heterocycles. The van der Waals surface area contributed by atoms with Crippen molar-refractivity contribution in [3.05, 3.63) is 24.1 Å². The largest absolute Gasteiger partial charge is 0.365 e. The van der Waals surface area contributed by atoms with Crippen LogP contribution in [0.15, 0.2) is 18.3 Å². The van der Waals surface area contributed by atoms with Gasteiger partial charge in [0.15, 0.2) is 11.6 Å². The van der Waals surface area contributed by atoms with Gasteiger partial charge in [0, 0.05) is 25.3 Å². The van der Waals surface area contributed by atoms with Gasteiger partial charge in [0.05, 0.1) is 0 Å². The molecule has 0 aromatic carbocycles. The fourth-order valence-corrected chi connectivity index (χ4v) is 2.08. The molecule has 1 aromatic heterocycles. The highest BCUT2D eigenvalue weighted by Crippen LogP contribution is 2.16. The van der Waals surface area contributed by atoms with E-state index in [-0.39, 0.29) is 5.82 Å². The Labute approximate surface area is 95.7 Å². The maximum Gasteiger partial charge on any atom is 0.165 e. The van der Waals surface area contributed by atoms with Crippen LogP contribution in [0.4, 0.5) is 10.2 Å². The van der Waals surface area contributed by atoms with E-state index >= 15 is 0 Å². The Kier molecular flexibility index (Phi) is 3.72. The van der Waals surface area contributed by atoms with Crippen LogP contribution >= 0.6 is 0 Å². The molecule has 3 nitrogen and oxygen atoms in total. The molecule has 1 aliphatic heterocycles. The van der Waals surface area contributed by atoms with E-state index in [1.165, 1.54) is 6.07 Å². The Bertz CT molecular complexity index is 335. The van der Waals surface area contributed by atoms with Gasteiger partial charge in [-0.15, -0.1) is 0 Å². The van der Waals surface area contributed by atoms with Crippen LogP contribution in [0.5, 0.6) is 0 Å². The van der Waals surface area contributed by atoms with Gasteiger partial charge in [-0.2, -0.15) is 0 Å². The van der Waals surface area contributed by atoms with Gasteiger partial charge in [0.1, 0.15) is 0 Å². The Morgan fingerprint density at radius 1 is 1.50 bits per heavy atom. The Hall–Kier alpha value is -1.16. The molecule has 0 amide bonds. The molecule has 2 rings (SSSR count). The SMILES string of the molecule is CCN1CCC(Nc2ncccc2F)CC1. The van der Waals surface area contributed by atoms with Gasteiger partial charge in [0.2, 0.25) is 0 Å². The van der Waals surface area contributed by atoms with E-state index in [9.17, 15) is 4.39 Å². The van der Waals surface area contributed by atoms with E-state index in [4.69, 9.17) is 0 Å². The van der Waals surface area contributed by atoms with Crippen molar-refractivity contribution in [2.24, 2.45) is 0 Å². The van der Waals surface area contributed by atoms with E-state index < -0.39 is 0 Å². The highest BCUT2D eigenvalue weighted by molar-refractivity contribution is 5.36. The standard InChI is InChI=1S/C12H18FN3/c1-2-16-8-5-10(6-9-16)15-12-11(13)4-3-7-14-12/h3-4,7,10H,2,5-6,8-9H2,1H3,(H,14,15). The van der Waals surface area contributed by atoms with E-state index in [1.54, 1.807) is 12.3 Å². The number of aromatic nitrogens is 1. The number of nitrogens with one attached hydrogen (secondary N) is 1. The van der Waals surface area contributed by atoms with Gasteiger partial charge in [-0.3, -0.25) is 0 Å². The molecule has 1 aromatic rings. The fourth-order valence-electron chi connectivity index (χ4n) is 2.08. The minimum atomic E-state index is -0.263. The summed E-state index contributed by atoms with van der Waals surface area (Å²) >= 11 is 0. The second kappa shape index (κ2) is 5.25. The summed E-state index contributed by atoms with van der Waals surface area (Å²) in [6.07, 6.45) is 3.74. The van der Waals surface area contributed by atoms with Crippen LogP contribution in [-0.2, 0) is 0 Å². The maximum atomic E-state index is 13.4. The Balaban J connectivity index is 1.89. The van der Waals surface area contributed by atoms with Gasteiger partial charge >= 0.3 is 0 Å². The third kappa shape index (κ3) is 2.70. The van der Waals surface area contributed by atoms with E-state index in [1.807, 2.05) is 0 Å². The van der Waals surface area contributed by atoms with Crippen LogP contribution in [0.25, 0.3) is 0 Å². The molecule has 16 heavy (non-hydrogen) atoms. The van der Waals surface area contributed by atoms with Gasteiger partial charge in [-0.05, 0) is 31.5 Å². The third-order valence-corrected chi connectivity index (χ3v) is 3.13. The average Bonchev–Trinajstić information content (AvgIpc) is 2.33. The Morgan fingerprint density at radius 3 is 2.88 bits per heavy atom. The second-order valence-corrected chi connectivity index (χ2v) is 4.19. The number of pyridine rings is 1. The summed E-state index contributed by atoms with van der Waals surface area (Å²) in [4.78, 5) is 6.42. The lowest BCUT2D eigenvalue weighted by Gasteiger charge is -2.31. The summed E-state index contributed by atoms with van der Waals surface area (Å²) in [5.41, 5.74) is 0. The highest BCUT2D eigenvalue weighted by atomic mass is 19.1. The first-order valence-electron chi connectivity index (χ1n) is 5.89. The first-order chi connectivity index (χ1) is 7.79. The summed E-state index contributed by atoms with van der Waals surface area (Å²) in [7, 11) is 0. The lowest BCUT2D eigenvalue weighted by atomic mass is 10.1. The predicted molar refractivity (Wildman–Crippen MR) is 63.0 cm³/mol. The molecule has 1 fully saturated rings. The number of halogens is 1. The average molecular weight is 223 g/mol. The molecule has 0 saturated carbocycles. The minimum Gasteiger partial charge on any atom is -0.365 e. The van der Waals surface area contributed by atoms with Crippen molar-refractivity contribution in [2.75, 3.05) is 25.0 Å². The van der Waals surface area contributed by atoms with Crippen LogP contribution in [0.3, 0.4) is 0 Å². The first-order valence-corrected chi connectivity index (χ1v) is 5.89. The molecular weight excluding hydrogens is 205 g/mol. The smallest absolute Gasteiger partial charge is 0.165 e. The van der Waals surface area contributed by atoms with Crippen molar-refractivity contribution in [1.82, 2.24) is 9.88 Å². The number of anilines is 1. The summed E-state index contributed by atoms with van der Waals surface area (Å²) in [5.74, 6) is 0.123. The van der Waals surface area contributed by atoms with Gasteiger partial charge in [-0.1, -0.05) is 6.92 Å². The van der Waals surface area contributed by atoms with E-state index in [0.29, 0.717) is 11.9 Å². The van der Waals surface area contributed by atoms with E-state index in [2.05, 4.69) is 22.1 Å². The zero-order valence-electron chi connectivity index (χ0n) is 9.62. The van der Waals surface area contributed by atoms with Crippen molar-refractivity contribution < 1.29 is 4.39 Å². The van der Waals surface area contributed by atoms with Crippen molar-refractivity contribution in [3.63, 3.8) is 0 Å².